The number of methoxy groups -OCH3 is 1. The maximum Gasteiger partial charge on any atom is 0.344 e. The average Bonchev–Trinajstić information content (AvgIpc) is 2.62. The summed E-state index contributed by atoms with van der Waals surface area (Å²) in [4.78, 5) is 25.8. The van der Waals surface area contributed by atoms with Crippen LogP contribution in [0.15, 0.2) is 11.3 Å². The van der Waals surface area contributed by atoms with Crippen LogP contribution in [0.1, 0.15) is 61.3 Å². The Labute approximate surface area is 187 Å². The Hall–Kier alpha value is -1.22. The molecule has 0 bridgehead atoms. The van der Waals surface area contributed by atoms with Gasteiger partial charge in [-0.05, 0) is 52.2 Å². The summed E-state index contributed by atoms with van der Waals surface area (Å²) in [6.45, 7) is 18.8. The first-order valence-electron chi connectivity index (χ1n) is 11.1. The van der Waals surface area contributed by atoms with Gasteiger partial charge in [-0.25, -0.2) is 4.79 Å². The minimum absolute atomic E-state index is 0.00793. The molecule has 8 heteroatoms. The third-order valence-corrected chi connectivity index (χ3v) is 11.5. The van der Waals surface area contributed by atoms with Crippen LogP contribution in [0.3, 0.4) is 0 Å². The lowest BCUT2D eigenvalue weighted by Crippen LogP contribution is -2.63. The van der Waals surface area contributed by atoms with Crippen LogP contribution in [0.4, 0.5) is 0 Å². The third kappa shape index (κ3) is 5.24. The number of ketones is 1. The molecule has 1 aliphatic heterocycles. The van der Waals surface area contributed by atoms with Crippen LogP contribution in [0, 0.1) is 5.92 Å². The molecule has 0 saturated heterocycles. The summed E-state index contributed by atoms with van der Waals surface area (Å²) in [5.74, 6) is -1.22. The molecule has 0 aromatic rings. The highest BCUT2D eigenvalue weighted by Gasteiger charge is 2.59. The Balaban J connectivity index is 2.46. The Morgan fingerprint density at radius 3 is 2.42 bits per heavy atom. The molecule has 0 aromatic carbocycles. The molecule has 178 valence electrons. The van der Waals surface area contributed by atoms with Gasteiger partial charge in [-0.15, -0.1) is 0 Å². The topological polar surface area (TPSA) is 80.3 Å². The fourth-order valence-corrected chi connectivity index (χ4v) is 5.62. The molecule has 0 N–H and O–H groups in total. The van der Waals surface area contributed by atoms with Gasteiger partial charge < -0.3 is 23.4 Å². The molecule has 0 radical (unpaired) electrons. The molecular formula is C23H40O7Si. The van der Waals surface area contributed by atoms with E-state index in [2.05, 4.69) is 33.9 Å². The van der Waals surface area contributed by atoms with Crippen molar-refractivity contribution >= 4 is 20.1 Å². The standard InChI is InChI=1S/C23H40O7Si/c1-11-27-15(3)28-16-12-17-20(24)19(21(25)26-8)14(2)29-23(17,7)18(13-16)30-31(9,10)22(4,5)6/h15-18H,11-13H2,1-10H3/t15?,16-,17?,18?,23-/m1/s1. The monoisotopic (exact) mass is 456 g/mol. The van der Waals surface area contributed by atoms with Gasteiger partial charge in [0.1, 0.15) is 16.9 Å². The molecule has 1 heterocycles. The number of rotatable bonds is 7. The summed E-state index contributed by atoms with van der Waals surface area (Å²) in [6.07, 6.45) is 0.0105. The summed E-state index contributed by atoms with van der Waals surface area (Å²) in [7, 11) is -0.908. The number of carbonyl (C=O) groups excluding carboxylic acids is 2. The summed E-state index contributed by atoms with van der Waals surface area (Å²) in [5.41, 5.74) is -0.905. The van der Waals surface area contributed by atoms with E-state index in [4.69, 9.17) is 23.4 Å². The van der Waals surface area contributed by atoms with Crippen LogP contribution in [0.5, 0.6) is 0 Å². The van der Waals surface area contributed by atoms with Crippen molar-refractivity contribution in [1.82, 2.24) is 0 Å². The average molecular weight is 457 g/mol. The Morgan fingerprint density at radius 2 is 1.90 bits per heavy atom. The van der Waals surface area contributed by atoms with Crippen LogP contribution in [-0.4, -0.2) is 57.9 Å². The van der Waals surface area contributed by atoms with E-state index in [1.807, 2.05) is 20.8 Å². The molecule has 7 nitrogen and oxygen atoms in total. The molecule has 1 aliphatic carbocycles. The summed E-state index contributed by atoms with van der Waals surface area (Å²) >= 11 is 0. The van der Waals surface area contributed by atoms with Crippen molar-refractivity contribution in [2.24, 2.45) is 5.92 Å². The van der Waals surface area contributed by atoms with Crippen molar-refractivity contribution in [1.29, 1.82) is 0 Å². The van der Waals surface area contributed by atoms with Gasteiger partial charge in [-0.3, -0.25) is 4.79 Å². The molecule has 1 fully saturated rings. The van der Waals surface area contributed by atoms with Gasteiger partial charge in [0.05, 0.1) is 25.2 Å². The lowest BCUT2D eigenvalue weighted by molar-refractivity contribution is -0.213. The number of carbonyl (C=O) groups is 2. The molecule has 3 unspecified atom stereocenters. The molecule has 0 aromatic heterocycles. The minimum atomic E-state index is -2.18. The molecule has 0 spiro atoms. The summed E-state index contributed by atoms with van der Waals surface area (Å²) in [6, 6.07) is 0. The second kappa shape index (κ2) is 9.33. The fraction of sp³-hybridized carbons (Fsp3) is 0.826. The maximum atomic E-state index is 13.5. The molecule has 2 rings (SSSR count). The van der Waals surface area contributed by atoms with E-state index < -0.39 is 32.1 Å². The van der Waals surface area contributed by atoms with Crippen molar-refractivity contribution in [3.63, 3.8) is 0 Å². The Morgan fingerprint density at radius 1 is 1.29 bits per heavy atom. The molecule has 31 heavy (non-hydrogen) atoms. The normalized spacial score (nSPS) is 30.5. The SMILES string of the molecule is CCOC(C)O[C@H]1CC(O[Si](C)(C)C(C)(C)C)[C@]2(C)OC(C)=C(C(=O)OC)C(=O)C2C1. The van der Waals surface area contributed by atoms with Gasteiger partial charge in [0, 0.05) is 13.0 Å². The highest BCUT2D eigenvalue weighted by molar-refractivity contribution is 6.74. The van der Waals surface area contributed by atoms with Crippen LogP contribution >= 0.6 is 0 Å². The number of fused-ring (bicyclic) bond motifs is 1. The Bertz CT molecular complexity index is 724. The van der Waals surface area contributed by atoms with E-state index in [0.29, 0.717) is 25.2 Å². The maximum absolute atomic E-state index is 13.5. The number of esters is 1. The molecule has 1 saturated carbocycles. The van der Waals surface area contributed by atoms with E-state index in [-0.39, 0.29) is 28.6 Å². The van der Waals surface area contributed by atoms with Crippen molar-refractivity contribution in [3.8, 4) is 0 Å². The molecule has 2 aliphatic rings. The predicted octanol–water partition coefficient (Wildman–Crippen LogP) is 4.36. The second-order valence-electron chi connectivity index (χ2n) is 10.2. The summed E-state index contributed by atoms with van der Waals surface area (Å²) < 4.78 is 29.7. The van der Waals surface area contributed by atoms with E-state index in [0.717, 1.165) is 0 Å². The van der Waals surface area contributed by atoms with Gasteiger partial charge in [-0.2, -0.15) is 0 Å². The molecular weight excluding hydrogens is 416 g/mol. The van der Waals surface area contributed by atoms with Crippen molar-refractivity contribution in [3.05, 3.63) is 11.3 Å². The summed E-state index contributed by atoms with van der Waals surface area (Å²) in [5, 5.41) is -0.00793. The highest BCUT2D eigenvalue weighted by Crippen LogP contribution is 2.49. The zero-order valence-corrected chi connectivity index (χ0v) is 21.8. The molecule has 5 atom stereocenters. The minimum Gasteiger partial charge on any atom is -0.488 e. The number of Topliss-reactive ketones (excluding diaryl/α,β-unsaturated/α-hetero) is 1. The quantitative estimate of drug-likeness (QED) is 0.244. The lowest BCUT2D eigenvalue weighted by atomic mass is 9.68. The largest absolute Gasteiger partial charge is 0.488 e. The van der Waals surface area contributed by atoms with Gasteiger partial charge in [-0.1, -0.05) is 20.8 Å². The number of hydrogen-bond donors (Lipinski definition) is 0. The zero-order chi connectivity index (χ0) is 23.8. The zero-order valence-electron chi connectivity index (χ0n) is 20.8. The number of allylic oxidation sites excluding steroid dienone is 1. The number of hydrogen-bond acceptors (Lipinski definition) is 7. The van der Waals surface area contributed by atoms with Crippen LogP contribution < -0.4 is 0 Å². The molecule has 0 amide bonds. The predicted molar refractivity (Wildman–Crippen MR) is 120 cm³/mol. The van der Waals surface area contributed by atoms with Gasteiger partial charge in [0.2, 0.25) is 0 Å². The van der Waals surface area contributed by atoms with Crippen molar-refractivity contribution in [2.75, 3.05) is 13.7 Å². The second-order valence-corrected chi connectivity index (χ2v) is 15.0. The van der Waals surface area contributed by atoms with Gasteiger partial charge in [0.15, 0.2) is 20.4 Å². The van der Waals surface area contributed by atoms with Crippen molar-refractivity contribution in [2.45, 2.75) is 104 Å². The third-order valence-electron chi connectivity index (χ3n) is 7.01. The van der Waals surface area contributed by atoms with Crippen LogP contribution in [0.25, 0.3) is 0 Å². The first kappa shape index (κ1) is 26.0. The van der Waals surface area contributed by atoms with E-state index in [1.54, 1.807) is 6.92 Å². The first-order chi connectivity index (χ1) is 14.2. The first-order valence-corrected chi connectivity index (χ1v) is 14.1. The van der Waals surface area contributed by atoms with E-state index in [9.17, 15) is 9.59 Å². The van der Waals surface area contributed by atoms with Crippen LogP contribution in [0.2, 0.25) is 18.1 Å². The fourth-order valence-electron chi connectivity index (χ4n) is 4.22. The van der Waals surface area contributed by atoms with Crippen molar-refractivity contribution < 1.29 is 33.0 Å². The Kier molecular flexibility index (Phi) is 7.84. The van der Waals surface area contributed by atoms with Gasteiger partial charge >= 0.3 is 5.97 Å². The smallest absolute Gasteiger partial charge is 0.344 e. The highest BCUT2D eigenvalue weighted by atomic mass is 28.4. The van der Waals surface area contributed by atoms with Crippen LogP contribution in [-0.2, 0) is 33.0 Å². The van der Waals surface area contributed by atoms with E-state index in [1.165, 1.54) is 7.11 Å². The van der Waals surface area contributed by atoms with E-state index >= 15 is 0 Å². The van der Waals surface area contributed by atoms with Gasteiger partial charge in [0.25, 0.3) is 0 Å². The number of ether oxygens (including phenoxy) is 4. The lowest BCUT2D eigenvalue weighted by Gasteiger charge is -2.53.